The molecule has 3 rings (SSSR count). The fraction of sp³-hybridized carbons (Fsp3) is 0.375. The molecule has 0 aliphatic carbocycles. The lowest BCUT2D eigenvalue weighted by Crippen LogP contribution is -2.23. The number of nitrogens with zero attached hydrogens (tertiary/aromatic N) is 3. The summed E-state index contributed by atoms with van der Waals surface area (Å²) in [7, 11) is 0. The molecule has 0 spiro atoms. The molecule has 22 heavy (non-hydrogen) atoms. The van der Waals surface area contributed by atoms with Gasteiger partial charge in [0.25, 0.3) is 0 Å². The minimum absolute atomic E-state index is 0.157. The summed E-state index contributed by atoms with van der Waals surface area (Å²) in [5, 5.41) is 3.33. The van der Waals surface area contributed by atoms with Crippen LogP contribution in [0.15, 0.2) is 30.5 Å². The van der Waals surface area contributed by atoms with Crippen molar-refractivity contribution in [2.24, 2.45) is 5.92 Å². The van der Waals surface area contributed by atoms with Gasteiger partial charge in [0.1, 0.15) is 11.6 Å². The fourth-order valence-corrected chi connectivity index (χ4v) is 2.80. The SMILES string of the molecule is Cc1cnc(N)nc1NC[C@@H]1CCN(c2ccccc2F)C1. The van der Waals surface area contributed by atoms with E-state index >= 15 is 0 Å². The third-order valence-corrected chi connectivity index (χ3v) is 4.03. The topological polar surface area (TPSA) is 67.1 Å². The highest BCUT2D eigenvalue weighted by Crippen LogP contribution is 2.26. The second-order valence-corrected chi connectivity index (χ2v) is 5.69. The largest absolute Gasteiger partial charge is 0.369 e. The Hall–Kier alpha value is -2.37. The van der Waals surface area contributed by atoms with E-state index < -0.39 is 0 Å². The molecule has 0 radical (unpaired) electrons. The van der Waals surface area contributed by atoms with Crippen LogP contribution in [0, 0.1) is 18.7 Å². The van der Waals surface area contributed by atoms with E-state index in [-0.39, 0.29) is 11.8 Å². The minimum atomic E-state index is -0.157. The third-order valence-electron chi connectivity index (χ3n) is 4.03. The Morgan fingerprint density at radius 3 is 3.05 bits per heavy atom. The van der Waals surface area contributed by atoms with Gasteiger partial charge < -0.3 is 16.0 Å². The van der Waals surface area contributed by atoms with Gasteiger partial charge in [0.15, 0.2) is 0 Å². The van der Waals surface area contributed by atoms with E-state index in [9.17, 15) is 4.39 Å². The standard InChI is InChI=1S/C16H20FN5/c1-11-8-20-16(18)21-15(11)19-9-12-6-7-22(10-12)14-5-3-2-4-13(14)17/h2-5,8,12H,6-7,9-10H2,1H3,(H3,18,19,20,21)/t12-/m0/s1. The number of nitrogen functional groups attached to an aromatic ring is 1. The van der Waals surface area contributed by atoms with Crippen molar-refractivity contribution in [1.82, 2.24) is 9.97 Å². The highest BCUT2D eigenvalue weighted by Gasteiger charge is 2.24. The Morgan fingerprint density at radius 2 is 2.23 bits per heavy atom. The Bertz CT molecular complexity index is 661. The van der Waals surface area contributed by atoms with Crippen molar-refractivity contribution in [3.63, 3.8) is 0 Å². The van der Waals surface area contributed by atoms with Gasteiger partial charge in [0.05, 0.1) is 5.69 Å². The average molecular weight is 301 g/mol. The van der Waals surface area contributed by atoms with Gasteiger partial charge in [-0.15, -0.1) is 0 Å². The van der Waals surface area contributed by atoms with Crippen LogP contribution in [0.3, 0.4) is 0 Å². The van der Waals surface area contributed by atoms with Crippen molar-refractivity contribution >= 4 is 17.5 Å². The van der Waals surface area contributed by atoms with E-state index in [4.69, 9.17) is 5.73 Å². The number of halogens is 1. The summed E-state index contributed by atoms with van der Waals surface area (Å²) in [6.07, 6.45) is 2.74. The number of hydrogen-bond donors (Lipinski definition) is 2. The van der Waals surface area contributed by atoms with Crippen molar-refractivity contribution in [3.05, 3.63) is 41.8 Å². The predicted octanol–water partition coefficient (Wildman–Crippen LogP) is 2.44. The summed E-state index contributed by atoms with van der Waals surface area (Å²) in [5.74, 6) is 1.34. The molecule has 1 aliphatic heterocycles. The summed E-state index contributed by atoms with van der Waals surface area (Å²) < 4.78 is 13.8. The summed E-state index contributed by atoms with van der Waals surface area (Å²) in [4.78, 5) is 10.3. The van der Waals surface area contributed by atoms with E-state index in [1.54, 1.807) is 12.3 Å². The number of benzene rings is 1. The zero-order valence-corrected chi connectivity index (χ0v) is 12.6. The van der Waals surface area contributed by atoms with Crippen LogP contribution in [0.2, 0.25) is 0 Å². The van der Waals surface area contributed by atoms with Crippen molar-refractivity contribution < 1.29 is 4.39 Å². The molecule has 1 aliphatic rings. The molecule has 5 nitrogen and oxygen atoms in total. The smallest absolute Gasteiger partial charge is 0.221 e. The van der Waals surface area contributed by atoms with Crippen LogP contribution in [-0.4, -0.2) is 29.6 Å². The van der Waals surface area contributed by atoms with Crippen LogP contribution in [-0.2, 0) is 0 Å². The average Bonchev–Trinajstić information content (AvgIpc) is 2.97. The van der Waals surface area contributed by atoms with Gasteiger partial charge in [-0.3, -0.25) is 0 Å². The number of rotatable bonds is 4. The molecule has 6 heteroatoms. The molecule has 1 aromatic heterocycles. The van der Waals surface area contributed by atoms with Crippen LogP contribution < -0.4 is 16.0 Å². The second kappa shape index (κ2) is 6.17. The normalized spacial score (nSPS) is 17.7. The van der Waals surface area contributed by atoms with Gasteiger partial charge in [-0.25, -0.2) is 9.37 Å². The lowest BCUT2D eigenvalue weighted by molar-refractivity contribution is 0.610. The molecule has 1 fully saturated rings. The van der Waals surface area contributed by atoms with Gasteiger partial charge in [0, 0.05) is 31.4 Å². The Morgan fingerprint density at radius 1 is 1.41 bits per heavy atom. The van der Waals surface area contributed by atoms with Crippen molar-refractivity contribution in [3.8, 4) is 0 Å². The number of nitrogens with one attached hydrogen (secondary N) is 1. The fourth-order valence-electron chi connectivity index (χ4n) is 2.80. The first-order chi connectivity index (χ1) is 10.6. The van der Waals surface area contributed by atoms with Gasteiger partial charge in [-0.05, 0) is 31.4 Å². The molecule has 1 atom stereocenters. The molecule has 2 heterocycles. The van der Waals surface area contributed by atoms with Gasteiger partial charge in [0.2, 0.25) is 5.95 Å². The van der Waals surface area contributed by atoms with Gasteiger partial charge >= 0.3 is 0 Å². The molecule has 2 aromatic rings. The van der Waals surface area contributed by atoms with E-state index in [1.165, 1.54) is 6.07 Å². The second-order valence-electron chi connectivity index (χ2n) is 5.69. The molecular formula is C16H20FN5. The maximum Gasteiger partial charge on any atom is 0.221 e. The monoisotopic (exact) mass is 301 g/mol. The van der Waals surface area contributed by atoms with Gasteiger partial charge in [-0.1, -0.05) is 12.1 Å². The number of hydrogen-bond acceptors (Lipinski definition) is 5. The Balaban J connectivity index is 1.60. The molecule has 0 saturated carbocycles. The van der Waals surface area contributed by atoms with E-state index in [0.29, 0.717) is 11.6 Å². The first-order valence-electron chi connectivity index (χ1n) is 7.46. The molecule has 0 bridgehead atoms. The number of aryl methyl sites for hydroxylation is 1. The lowest BCUT2D eigenvalue weighted by atomic mass is 10.1. The molecule has 3 N–H and O–H groups in total. The van der Waals surface area contributed by atoms with Crippen LogP contribution in [0.1, 0.15) is 12.0 Å². The molecular weight excluding hydrogens is 281 g/mol. The first-order valence-corrected chi connectivity index (χ1v) is 7.46. The lowest BCUT2D eigenvalue weighted by Gasteiger charge is -2.19. The van der Waals surface area contributed by atoms with E-state index in [0.717, 1.165) is 37.4 Å². The zero-order valence-electron chi connectivity index (χ0n) is 12.6. The van der Waals surface area contributed by atoms with E-state index in [1.807, 2.05) is 19.1 Å². The number of para-hydroxylation sites is 1. The number of anilines is 3. The van der Waals surface area contributed by atoms with E-state index in [2.05, 4.69) is 20.2 Å². The van der Waals surface area contributed by atoms with Crippen LogP contribution in [0.25, 0.3) is 0 Å². The van der Waals surface area contributed by atoms with Crippen molar-refractivity contribution in [1.29, 1.82) is 0 Å². The number of aromatic nitrogens is 2. The number of nitrogens with two attached hydrogens (primary N) is 1. The van der Waals surface area contributed by atoms with Crippen molar-refractivity contribution in [2.45, 2.75) is 13.3 Å². The Kier molecular flexibility index (Phi) is 4.09. The summed E-state index contributed by atoms with van der Waals surface area (Å²) in [5.41, 5.74) is 7.27. The quantitative estimate of drug-likeness (QED) is 0.908. The van der Waals surface area contributed by atoms with Crippen LogP contribution >= 0.6 is 0 Å². The Labute approximate surface area is 129 Å². The maximum absolute atomic E-state index is 13.8. The maximum atomic E-state index is 13.8. The van der Waals surface area contributed by atoms with Crippen LogP contribution in [0.4, 0.5) is 21.8 Å². The molecule has 0 amide bonds. The molecule has 1 saturated heterocycles. The van der Waals surface area contributed by atoms with Crippen LogP contribution in [0.5, 0.6) is 0 Å². The minimum Gasteiger partial charge on any atom is -0.369 e. The predicted molar refractivity (Wildman–Crippen MR) is 86.4 cm³/mol. The molecule has 0 unspecified atom stereocenters. The highest BCUT2D eigenvalue weighted by atomic mass is 19.1. The first kappa shape index (κ1) is 14.6. The summed E-state index contributed by atoms with van der Waals surface area (Å²) in [6.45, 7) is 4.45. The zero-order chi connectivity index (χ0) is 15.5. The molecule has 116 valence electrons. The highest BCUT2D eigenvalue weighted by molar-refractivity contribution is 5.49. The summed E-state index contributed by atoms with van der Waals surface area (Å²) >= 11 is 0. The van der Waals surface area contributed by atoms with Crippen molar-refractivity contribution in [2.75, 3.05) is 35.6 Å². The summed E-state index contributed by atoms with van der Waals surface area (Å²) in [6, 6.07) is 6.93. The molecule has 1 aromatic carbocycles. The third kappa shape index (κ3) is 3.10. The van der Waals surface area contributed by atoms with Gasteiger partial charge in [-0.2, -0.15) is 4.98 Å².